The predicted octanol–water partition coefficient (Wildman–Crippen LogP) is 1.41. The van der Waals surface area contributed by atoms with Crippen LogP contribution < -0.4 is 10.6 Å². The molecular formula is C16H20FN5OS. The predicted molar refractivity (Wildman–Crippen MR) is 93.5 cm³/mol. The number of anilines is 1. The first-order valence-electron chi connectivity index (χ1n) is 7.75. The summed E-state index contributed by atoms with van der Waals surface area (Å²) >= 11 is 1.63. The van der Waals surface area contributed by atoms with E-state index in [1.165, 1.54) is 6.07 Å². The molecule has 0 aliphatic carbocycles. The highest BCUT2D eigenvalue weighted by molar-refractivity contribution is 7.13. The minimum absolute atomic E-state index is 0.276. The quantitative estimate of drug-likeness (QED) is 0.645. The van der Waals surface area contributed by atoms with Gasteiger partial charge in [-0.15, -0.1) is 11.3 Å². The van der Waals surface area contributed by atoms with Crippen molar-refractivity contribution in [2.24, 2.45) is 10.7 Å². The van der Waals surface area contributed by atoms with E-state index in [1.807, 2.05) is 16.5 Å². The molecule has 0 saturated carbocycles. The highest BCUT2D eigenvalue weighted by Gasteiger charge is 2.19. The van der Waals surface area contributed by atoms with E-state index in [0.29, 0.717) is 12.5 Å². The Morgan fingerprint density at radius 2 is 2.12 bits per heavy atom. The third-order valence-corrected chi connectivity index (χ3v) is 4.83. The summed E-state index contributed by atoms with van der Waals surface area (Å²) in [6.07, 6.45) is 1.81. The number of piperazine rings is 1. The Morgan fingerprint density at radius 1 is 1.33 bits per heavy atom. The summed E-state index contributed by atoms with van der Waals surface area (Å²) in [6, 6.07) is 4.62. The lowest BCUT2D eigenvalue weighted by molar-refractivity contribution is 0.275. The number of hydrogen-bond donors (Lipinski definition) is 2. The van der Waals surface area contributed by atoms with Crippen LogP contribution in [0.25, 0.3) is 0 Å². The molecule has 2 heterocycles. The topological polar surface area (TPSA) is 78.0 Å². The number of nitrogens with two attached hydrogens (primary N) is 1. The van der Waals surface area contributed by atoms with Crippen molar-refractivity contribution >= 4 is 22.4 Å². The first-order valence-corrected chi connectivity index (χ1v) is 8.63. The van der Waals surface area contributed by atoms with Crippen LogP contribution in [0.3, 0.4) is 0 Å². The van der Waals surface area contributed by atoms with Crippen molar-refractivity contribution < 1.29 is 9.50 Å². The van der Waals surface area contributed by atoms with E-state index < -0.39 is 5.82 Å². The summed E-state index contributed by atoms with van der Waals surface area (Å²) in [4.78, 5) is 13.0. The maximum atomic E-state index is 13.4. The van der Waals surface area contributed by atoms with Crippen LogP contribution in [-0.2, 0) is 13.2 Å². The third kappa shape index (κ3) is 3.82. The van der Waals surface area contributed by atoms with Crippen LogP contribution in [0.2, 0.25) is 0 Å². The number of aliphatic imine (C=N–C) groups is 1. The van der Waals surface area contributed by atoms with E-state index in [-0.39, 0.29) is 12.2 Å². The highest BCUT2D eigenvalue weighted by Crippen LogP contribution is 2.19. The Bertz CT molecular complexity index is 698. The van der Waals surface area contributed by atoms with Gasteiger partial charge in [0, 0.05) is 43.3 Å². The van der Waals surface area contributed by atoms with E-state index in [1.54, 1.807) is 23.5 Å². The summed E-state index contributed by atoms with van der Waals surface area (Å²) < 4.78 is 13.4. The molecule has 0 spiro atoms. The van der Waals surface area contributed by atoms with Gasteiger partial charge in [0.15, 0.2) is 11.1 Å². The van der Waals surface area contributed by atoms with E-state index in [9.17, 15) is 4.39 Å². The zero-order valence-electron chi connectivity index (χ0n) is 13.2. The summed E-state index contributed by atoms with van der Waals surface area (Å²) in [7, 11) is 0. The summed E-state index contributed by atoms with van der Waals surface area (Å²) in [5.41, 5.74) is 7.18. The molecule has 3 N–H and O–H groups in total. The molecule has 1 aromatic carbocycles. The van der Waals surface area contributed by atoms with Crippen molar-refractivity contribution in [2.45, 2.75) is 13.2 Å². The number of aromatic nitrogens is 1. The van der Waals surface area contributed by atoms with Gasteiger partial charge in [0.25, 0.3) is 0 Å². The van der Waals surface area contributed by atoms with E-state index in [2.05, 4.69) is 14.9 Å². The lowest BCUT2D eigenvalue weighted by Crippen LogP contribution is -2.51. The molecule has 1 aliphatic rings. The van der Waals surface area contributed by atoms with Crippen molar-refractivity contribution in [3.8, 4) is 0 Å². The smallest absolute Gasteiger partial charge is 0.191 e. The second kappa shape index (κ2) is 7.59. The third-order valence-electron chi connectivity index (χ3n) is 4.00. The van der Waals surface area contributed by atoms with Crippen LogP contribution in [0.1, 0.15) is 11.1 Å². The Morgan fingerprint density at radius 3 is 2.79 bits per heavy atom. The molecule has 1 saturated heterocycles. The van der Waals surface area contributed by atoms with Gasteiger partial charge in [-0.25, -0.2) is 14.4 Å². The fourth-order valence-corrected chi connectivity index (χ4v) is 3.32. The first kappa shape index (κ1) is 16.7. The molecule has 0 atom stereocenters. The number of hydrogen-bond acceptors (Lipinski definition) is 5. The van der Waals surface area contributed by atoms with E-state index >= 15 is 0 Å². The highest BCUT2D eigenvalue weighted by atomic mass is 32.1. The van der Waals surface area contributed by atoms with E-state index in [0.717, 1.165) is 36.9 Å². The maximum absolute atomic E-state index is 13.4. The molecule has 0 amide bonds. The van der Waals surface area contributed by atoms with Gasteiger partial charge in [-0.05, 0) is 17.7 Å². The minimum atomic E-state index is -0.406. The van der Waals surface area contributed by atoms with Gasteiger partial charge in [0.2, 0.25) is 0 Å². The lowest BCUT2D eigenvalue weighted by atomic mass is 10.1. The molecule has 2 aromatic rings. The molecule has 1 aromatic heterocycles. The lowest BCUT2D eigenvalue weighted by Gasteiger charge is -2.35. The normalized spacial score (nSPS) is 15.8. The molecule has 3 rings (SSSR count). The average molecular weight is 349 g/mol. The number of halogens is 1. The molecule has 0 bridgehead atoms. The van der Waals surface area contributed by atoms with Gasteiger partial charge in [0.1, 0.15) is 5.82 Å². The number of aliphatic hydroxyl groups excluding tert-OH is 1. The number of thiazole rings is 1. The van der Waals surface area contributed by atoms with Crippen molar-refractivity contribution in [3.63, 3.8) is 0 Å². The Labute approximate surface area is 144 Å². The second-order valence-electron chi connectivity index (χ2n) is 5.55. The number of nitrogens with zero attached hydrogens (tertiary/aromatic N) is 4. The van der Waals surface area contributed by atoms with Crippen LogP contribution in [0.5, 0.6) is 0 Å². The molecule has 0 unspecified atom stereocenters. The molecule has 24 heavy (non-hydrogen) atoms. The molecule has 128 valence electrons. The SMILES string of the molecule is NC(=NCc1ccc(F)c(CO)c1)N1CCN(c2nccs2)CC1. The van der Waals surface area contributed by atoms with Gasteiger partial charge in [-0.1, -0.05) is 6.07 Å². The van der Waals surface area contributed by atoms with E-state index in [4.69, 9.17) is 10.8 Å². The van der Waals surface area contributed by atoms with Gasteiger partial charge in [-0.2, -0.15) is 0 Å². The fourth-order valence-electron chi connectivity index (χ4n) is 2.62. The second-order valence-corrected chi connectivity index (χ2v) is 6.42. The monoisotopic (exact) mass is 349 g/mol. The minimum Gasteiger partial charge on any atom is -0.392 e. The number of benzene rings is 1. The molecule has 6 nitrogen and oxygen atoms in total. The summed E-state index contributed by atoms with van der Waals surface area (Å²) in [5, 5.41) is 12.1. The number of guanidine groups is 1. The van der Waals surface area contributed by atoms with Gasteiger partial charge >= 0.3 is 0 Å². The van der Waals surface area contributed by atoms with Gasteiger partial charge < -0.3 is 20.6 Å². The number of aliphatic hydroxyl groups is 1. The summed E-state index contributed by atoms with van der Waals surface area (Å²) in [5.74, 6) is 0.0835. The zero-order valence-corrected chi connectivity index (χ0v) is 14.0. The zero-order chi connectivity index (χ0) is 16.9. The Hall–Kier alpha value is -2.19. The molecular weight excluding hydrogens is 329 g/mol. The molecule has 0 radical (unpaired) electrons. The van der Waals surface area contributed by atoms with Crippen molar-refractivity contribution in [2.75, 3.05) is 31.1 Å². The molecule has 1 fully saturated rings. The Kier molecular flexibility index (Phi) is 5.27. The van der Waals surface area contributed by atoms with Crippen LogP contribution >= 0.6 is 11.3 Å². The average Bonchev–Trinajstić information content (AvgIpc) is 3.15. The van der Waals surface area contributed by atoms with Crippen molar-refractivity contribution in [3.05, 3.63) is 46.7 Å². The van der Waals surface area contributed by atoms with Gasteiger partial charge in [-0.3, -0.25) is 0 Å². The number of rotatable bonds is 4. The van der Waals surface area contributed by atoms with Crippen LogP contribution in [-0.4, -0.2) is 47.1 Å². The Balaban J connectivity index is 1.57. The van der Waals surface area contributed by atoms with Crippen LogP contribution in [0.15, 0.2) is 34.8 Å². The fraction of sp³-hybridized carbons (Fsp3) is 0.375. The van der Waals surface area contributed by atoms with Crippen molar-refractivity contribution in [1.82, 2.24) is 9.88 Å². The van der Waals surface area contributed by atoms with Gasteiger partial charge in [0.05, 0.1) is 13.2 Å². The standard InChI is InChI=1S/C16H20FN5OS/c17-14-2-1-12(9-13(14)11-23)10-20-15(18)21-4-6-22(7-5-21)16-19-3-8-24-16/h1-3,8-9,23H,4-7,10-11H2,(H2,18,20). The summed E-state index contributed by atoms with van der Waals surface area (Å²) in [6.45, 7) is 3.34. The first-order chi connectivity index (χ1) is 11.7. The molecule has 1 aliphatic heterocycles. The van der Waals surface area contributed by atoms with Crippen molar-refractivity contribution in [1.29, 1.82) is 0 Å². The van der Waals surface area contributed by atoms with Crippen LogP contribution in [0, 0.1) is 5.82 Å². The maximum Gasteiger partial charge on any atom is 0.191 e. The van der Waals surface area contributed by atoms with Crippen LogP contribution in [0.4, 0.5) is 9.52 Å². The molecule has 8 heteroatoms. The largest absolute Gasteiger partial charge is 0.392 e.